The molecule has 1 saturated carbocycles. The van der Waals surface area contributed by atoms with Gasteiger partial charge in [-0.2, -0.15) is 0 Å². The van der Waals surface area contributed by atoms with Gasteiger partial charge in [0.2, 0.25) is 11.6 Å². The van der Waals surface area contributed by atoms with E-state index in [-0.39, 0.29) is 12.8 Å². The molecule has 2 rings (SSSR count). The predicted molar refractivity (Wildman–Crippen MR) is 67.9 cm³/mol. The lowest BCUT2D eigenvalue weighted by atomic mass is 9.79. The minimum Gasteiger partial charge on any atom is -0.393 e. The van der Waals surface area contributed by atoms with Crippen molar-refractivity contribution in [2.45, 2.75) is 62.2 Å². The molecule has 118 valence electrons. The van der Waals surface area contributed by atoms with Crippen LogP contribution in [-0.2, 0) is 18.9 Å². The minimum atomic E-state index is -1.38. The summed E-state index contributed by atoms with van der Waals surface area (Å²) < 4.78 is 22.5. The first-order valence-corrected chi connectivity index (χ1v) is 6.70. The molecule has 0 unspecified atom stereocenters. The van der Waals surface area contributed by atoms with Crippen LogP contribution in [0.3, 0.4) is 0 Å². The minimum absolute atomic E-state index is 0.0253. The fourth-order valence-electron chi connectivity index (χ4n) is 2.95. The number of rotatable bonds is 3. The van der Waals surface area contributed by atoms with Crippen LogP contribution in [0.25, 0.3) is 0 Å². The van der Waals surface area contributed by atoms with Crippen molar-refractivity contribution < 1.29 is 34.3 Å². The summed E-state index contributed by atoms with van der Waals surface area (Å²) in [6.45, 7) is 2.90. The van der Waals surface area contributed by atoms with E-state index in [1.165, 1.54) is 14.2 Å². The molecule has 1 aliphatic carbocycles. The predicted octanol–water partition coefficient (Wildman–Crippen LogP) is -0.626. The van der Waals surface area contributed by atoms with Crippen molar-refractivity contribution in [2.75, 3.05) is 20.8 Å². The van der Waals surface area contributed by atoms with Gasteiger partial charge in [0.1, 0.15) is 6.10 Å². The van der Waals surface area contributed by atoms with E-state index < -0.39 is 42.1 Å². The topological polar surface area (TPSA) is 97.6 Å². The summed E-state index contributed by atoms with van der Waals surface area (Å²) in [5.74, 6) is -2.37. The SMILES string of the molecule is CO[C@@]1(C)O[C@@H]2[C@H](O)C[C@@](O)(CO)C[C@H]2O[C@]1(C)OC. The van der Waals surface area contributed by atoms with E-state index in [0.717, 1.165) is 0 Å². The summed E-state index contributed by atoms with van der Waals surface area (Å²) in [4.78, 5) is 0. The van der Waals surface area contributed by atoms with Gasteiger partial charge in [-0.25, -0.2) is 0 Å². The number of methoxy groups -OCH3 is 2. The Morgan fingerprint density at radius 3 is 2.15 bits per heavy atom. The molecule has 1 saturated heterocycles. The highest BCUT2D eigenvalue weighted by Gasteiger charge is 2.60. The smallest absolute Gasteiger partial charge is 0.220 e. The van der Waals surface area contributed by atoms with E-state index >= 15 is 0 Å². The second-order valence-corrected chi connectivity index (χ2v) is 5.90. The van der Waals surface area contributed by atoms with Crippen molar-refractivity contribution in [3.63, 3.8) is 0 Å². The van der Waals surface area contributed by atoms with E-state index in [1.807, 2.05) is 0 Å². The zero-order valence-electron chi connectivity index (χ0n) is 12.3. The van der Waals surface area contributed by atoms with Crippen molar-refractivity contribution in [2.24, 2.45) is 0 Å². The fraction of sp³-hybridized carbons (Fsp3) is 1.00. The van der Waals surface area contributed by atoms with E-state index in [2.05, 4.69) is 0 Å². The lowest BCUT2D eigenvalue weighted by Crippen LogP contribution is -2.70. The Morgan fingerprint density at radius 2 is 1.65 bits per heavy atom. The standard InChI is InChI=1S/C13H24O7/c1-11(17-3)12(2,18-4)20-10-8(15)5-13(16,7-14)6-9(10)19-11/h8-10,14-16H,5-7H2,1-4H3/t8-,9-,10-,11+,12+,13+/m1/s1. The summed E-state index contributed by atoms with van der Waals surface area (Å²) >= 11 is 0. The highest BCUT2D eigenvalue weighted by atomic mass is 16.8. The Balaban J connectivity index is 2.27. The van der Waals surface area contributed by atoms with Crippen molar-refractivity contribution in [3.8, 4) is 0 Å². The highest BCUT2D eigenvalue weighted by molar-refractivity contribution is 5.02. The van der Waals surface area contributed by atoms with Crippen molar-refractivity contribution in [1.82, 2.24) is 0 Å². The molecule has 0 radical (unpaired) electrons. The molecule has 6 atom stereocenters. The van der Waals surface area contributed by atoms with Crippen LogP contribution < -0.4 is 0 Å². The maximum atomic E-state index is 10.2. The molecule has 0 aromatic carbocycles. The van der Waals surface area contributed by atoms with Crippen molar-refractivity contribution in [3.05, 3.63) is 0 Å². The number of aliphatic hydroxyl groups is 3. The number of aliphatic hydroxyl groups excluding tert-OH is 2. The lowest BCUT2D eigenvalue weighted by molar-refractivity contribution is -0.461. The molecule has 1 aliphatic heterocycles. The van der Waals surface area contributed by atoms with Crippen LogP contribution >= 0.6 is 0 Å². The van der Waals surface area contributed by atoms with Gasteiger partial charge in [-0.3, -0.25) is 0 Å². The lowest BCUT2D eigenvalue weighted by Gasteiger charge is -2.56. The summed E-state index contributed by atoms with van der Waals surface area (Å²) in [5.41, 5.74) is -1.38. The summed E-state index contributed by atoms with van der Waals surface area (Å²) in [5, 5.41) is 29.7. The molecule has 1 heterocycles. The molecule has 3 N–H and O–H groups in total. The Hall–Kier alpha value is -0.280. The summed E-state index contributed by atoms with van der Waals surface area (Å²) in [7, 11) is 2.94. The quantitative estimate of drug-likeness (QED) is 0.637. The van der Waals surface area contributed by atoms with Gasteiger partial charge in [-0.05, 0) is 13.8 Å². The van der Waals surface area contributed by atoms with Crippen LogP contribution in [-0.4, -0.2) is 71.6 Å². The molecular formula is C13H24O7. The Kier molecular flexibility index (Phi) is 4.16. The van der Waals surface area contributed by atoms with E-state index in [0.29, 0.717) is 0 Å². The number of ether oxygens (including phenoxy) is 4. The maximum Gasteiger partial charge on any atom is 0.220 e. The van der Waals surface area contributed by atoms with Gasteiger partial charge in [0.15, 0.2) is 0 Å². The second-order valence-electron chi connectivity index (χ2n) is 5.90. The average Bonchev–Trinajstić information content (AvgIpc) is 2.41. The first-order chi connectivity index (χ1) is 9.22. The monoisotopic (exact) mass is 292 g/mol. The van der Waals surface area contributed by atoms with Crippen LogP contribution in [0.2, 0.25) is 0 Å². The Bertz CT molecular complexity index is 365. The van der Waals surface area contributed by atoms with E-state index in [9.17, 15) is 15.3 Å². The van der Waals surface area contributed by atoms with Gasteiger partial charge in [0.05, 0.1) is 24.4 Å². The number of hydrogen-bond acceptors (Lipinski definition) is 7. The van der Waals surface area contributed by atoms with Crippen LogP contribution in [0.5, 0.6) is 0 Å². The largest absolute Gasteiger partial charge is 0.393 e. The third-order valence-electron chi connectivity index (χ3n) is 4.55. The molecular weight excluding hydrogens is 268 g/mol. The van der Waals surface area contributed by atoms with Gasteiger partial charge < -0.3 is 34.3 Å². The fourth-order valence-corrected chi connectivity index (χ4v) is 2.95. The first kappa shape index (κ1) is 16.1. The molecule has 0 amide bonds. The van der Waals surface area contributed by atoms with Crippen molar-refractivity contribution >= 4 is 0 Å². The summed E-state index contributed by atoms with van der Waals surface area (Å²) in [6.07, 6.45) is -2.01. The van der Waals surface area contributed by atoms with Crippen LogP contribution in [0.1, 0.15) is 26.7 Å². The number of hydrogen-bond donors (Lipinski definition) is 3. The first-order valence-electron chi connectivity index (χ1n) is 6.70. The zero-order chi connectivity index (χ0) is 15.2. The molecule has 0 aromatic rings. The Morgan fingerprint density at radius 1 is 1.10 bits per heavy atom. The molecule has 7 heteroatoms. The zero-order valence-corrected chi connectivity index (χ0v) is 12.3. The Labute approximate surface area is 118 Å². The third kappa shape index (κ3) is 2.37. The third-order valence-corrected chi connectivity index (χ3v) is 4.55. The molecule has 2 aliphatic rings. The van der Waals surface area contributed by atoms with Gasteiger partial charge >= 0.3 is 0 Å². The van der Waals surface area contributed by atoms with Crippen molar-refractivity contribution in [1.29, 1.82) is 0 Å². The molecule has 20 heavy (non-hydrogen) atoms. The molecule has 0 spiro atoms. The van der Waals surface area contributed by atoms with Gasteiger partial charge in [-0.15, -0.1) is 0 Å². The highest BCUT2D eigenvalue weighted by Crippen LogP contribution is 2.45. The van der Waals surface area contributed by atoms with Crippen LogP contribution in [0, 0.1) is 0 Å². The van der Waals surface area contributed by atoms with Crippen LogP contribution in [0.15, 0.2) is 0 Å². The van der Waals surface area contributed by atoms with E-state index in [4.69, 9.17) is 18.9 Å². The maximum absolute atomic E-state index is 10.2. The average molecular weight is 292 g/mol. The molecule has 0 aromatic heterocycles. The van der Waals surface area contributed by atoms with Gasteiger partial charge in [0.25, 0.3) is 0 Å². The molecule has 7 nitrogen and oxygen atoms in total. The molecule has 2 fully saturated rings. The molecule has 0 bridgehead atoms. The van der Waals surface area contributed by atoms with Crippen LogP contribution in [0.4, 0.5) is 0 Å². The number of fused-ring (bicyclic) bond motifs is 1. The summed E-state index contributed by atoms with van der Waals surface area (Å²) in [6, 6.07) is 0. The van der Waals surface area contributed by atoms with E-state index in [1.54, 1.807) is 13.8 Å². The van der Waals surface area contributed by atoms with Gasteiger partial charge in [0, 0.05) is 27.1 Å². The normalized spacial score (nSPS) is 52.6. The van der Waals surface area contributed by atoms with Gasteiger partial charge in [-0.1, -0.05) is 0 Å². The second kappa shape index (κ2) is 5.17.